The van der Waals surface area contributed by atoms with Crippen LogP contribution in [-0.2, 0) is 9.53 Å². The van der Waals surface area contributed by atoms with E-state index in [1.807, 2.05) is 12.1 Å². The number of nitrogens with two attached hydrogens (primary N) is 1. The minimum Gasteiger partial charge on any atom is -0.377 e. The summed E-state index contributed by atoms with van der Waals surface area (Å²) in [6, 6.07) is 3.20. The number of carbonyl (C=O) groups is 2. The van der Waals surface area contributed by atoms with Crippen LogP contribution in [0.25, 0.3) is 0 Å². The summed E-state index contributed by atoms with van der Waals surface area (Å²) in [6.45, 7) is 4.45. The Morgan fingerprint density at radius 2 is 2.08 bits per heavy atom. The highest BCUT2D eigenvalue weighted by atomic mass is 32.1. The number of hydrogen-bond acceptors (Lipinski definition) is 5. The second kappa shape index (κ2) is 7.96. The second-order valence-electron chi connectivity index (χ2n) is 6.17. The van der Waals surface area contributed by atoms with Gasteiger partial charge in [-0.1, -0.05) is 0 Å². The summed E-state index contributed by atoms with van der Waals surface area (Å²) >= 11 is 1.47. The second-order valence-corrected chi connectivity index (χ2v) is 7.29. The first kappa shape index (κ1) is 17.2. The van der Waals surface area contributed by atoms with E-state index in [1.54, 1.807) is 4.90 Å². The average Bonchev–Trinajstić information content (AvgIpc) is 3.24. The summed E-state index contributed by atoms with van der Waals surface area (Å²) in [6.07, 6.45) is 2.97. The number of ether oxygens (including phenoxy) is 1. The van der Waals surface area contributed by atoms with Crippen LogP contribution in [0.3, 0.4) is 0 Å². The Labute approximate surface area is 145 Å². The standard InChI is InChI=1S/C16H24N4O3S/c17-16(22)20-9-10-23-11-12(20)13-3-4-15(24-13)18-14(21)5-8-19-6-1-2-7-19/h3-4,12H,1-2,5-11H2,(H2,17,22)(H,18,21). The molecule has 3 N–H and O–H groups in total. The molecule has 2 aliphatic heterocycles. The summed E-state index contributed by atoms with van der Waals surface area (Å²) in [7, 11) is 0. The van der Waals surface area contributed by atoms with E-state index in [-0.39, 0.29) is 11.9 Å². The largest absolute Gasteiger partial charge is 0.377 e. The van der Waals surface area contributed by atoms with E-state index in [4.69, 9.17) is 10.5 Å². The molecule has 3 heterocycles. The molecule has 7 nitrogen and oxygen atoms in total. The quantitative estimate of drug-likeness (QED) is 0.843. The summed E-state index contributed by atoms with van der Waals surface area (Å²) in [5.74, 6) is 0.0296. The Morgan fingerprint density at radius 3 is 2.83 bits per heavy atom. The number of primary amides is 1. The molecule has 0 bridgehead atoms. The van der Waals surface area contributed by atoms with Gasteiger partial charge in [0.25, 0.3) is 0 Å². The van der Waals surface area contributed by atoms with E-state index in [1.165, 1.54) is 24.2 Å². The van der Waals surface area contributed by atoms with Gasteiger partial charge in [0, 0.05) is 24.4 Å². The van der Waals surface area contributed by atoms with Crippen LogP contribution in [0.2, 0.25) is 0 Å². The molecule has 2 aliphatic rings. The summed E-state index contributed by atoms with van der Waals surface area (Å²) < 4.78 is 5.47. The molecule has 3 rings (SSSR count). The molecule has 1 atom stereocenters. The third-order valence-electron chi connectivity index (χ3n) is 4.48. The molecule has 2 saturated heterocycles. The topological polar surface area (TPSA) is 87.9 Å². The summed E-state index contributed by atoms with van der Waals surface area (Å²) in [5.41, 5.74) is 5.44. The molecule has 1 unspecified atom stereocenters. The van der Waals surface area contributed by atoms with Gasteiger partial charge in [0.05, 0.1) is 24.3 Å². The lowest BCUT2D eigenvalue weighted by Gasteiger charge is -2.33. The van der Waals surface area contributed by atoms with Gasteiger partial charge in [-0.3, -0.25) is 4.79 Å². The number of hydrogen-bond donors (Lipinski definition) is 2. The van der Waals surface area contributed by atoms with Crippen LogP contribution in [0.1, 0.15) is 30.2 Å². The molecular weight excluding hydrogens is 328 g/mol. The maximum absolute atomic E-state index is 12.1. The Bertz CT molecular complexity index is 586. The van der Waals surface area contributed by atoms with E-state index < -0.39 is 6.03 Å². The van der Waals surface area contributed by atoms with Crippen LogP contribution in [0.4, 0.5) is 9.80 Å². The first-order valence-electron chi connectivity index (χ1n) is 8.39. The number of likely N-dealkylation sites (tertiary alicyclic amines) is 1. The number of nitrogens with one attached hydrogen (secondary N) is 1. The fourth-order valence-electron chi connectivity index (χ4n) is 3.17. The van der Waals surface area contributed by atoms with Crippen molar-refractivity contribution in [3.8, 4) is 0 Å². The normalized spacial score (nSPS) is 21.8. The highest BCUT2D eigenvalue weighted by Gasteiger charge is 2.28. The van der Waals surface area contributed by atoms with Crippen molar-refractivity contribution in [2.45, 2.75) is 25.3 Å². The van der Waals surface area contributed by atoms with Gasteiger partial charge in [-0.25, -0.2) is 4.79 Å². The lowest BCUT2D eigenvalue weighted by atomic mass is 10.2. The van der Waals surface area contributed by atoms with Crippen LogP contribution in [0.5, 0.6) is 0 Å². The van der Waals surface area contributed by atoms with Gasteiger partial charge in [0.2, 0.25) is 5.91 Å². The Balaban J connectivity index is 1.54. The molecular formula is C16H24N4O3S. The van der Waals surface area contributed by atoms with Crippen LogP contribution >= 0.6 is 11.3 Å². The van der Waals surface area contributed by atoms with Crippen molar-refractivity contribution in [1.29, 1.82) is 0 Å². The van der Waals surface area contributed by atoms with Crippen molar-refractivity contribution in [1.82, 2.24) is 9.80 Å². The van der Waals surface area contributed by atoms with Crippen molar-refractivity contribution < 1.29 is 14.3 Å². The average molecular weight is 352 g/mol. The minimum atomic E-state index is -0.437. The molecule has 3 amide bonds. The maximum atomic E-state index is 12.1. The predicted octanol–water partition coefficient (Wildman–Crippen LogP) is 1.62. The third-order valence-corrected chi connectivity index (χ3v) is 5.59. The molecule has 2 fully saturated rings. The highest BCUT2D eigenvalue weighted by Crippen LogP contribution is 2.32. The van der Waals surface area contributed by atoms with Crippen LogP contribution in [0, 0.1) is 0 Å². The van der Waals surface area contributed by atoms with Crippen molar-refractivity contribution in [3.05, 3.63) is 17.0 Å². The lowest BCUT2D eigenvalue weighted by molar-refractivity contribution is -0.116. The van der Waals surface area contributed by atoms with E-state index >= 15 is 0 Å². The van der Waals surface area contributed by atoms with Gasteiger partial charge in [-0.2, -0.15) is 0 Å². The zero-order chi connectivity index (χ0) is 16.9. The zero-order valence-corrected chi connectivity index (χ0v) is 14.5. The molecule has 1 aromatic rings. The van der Waals surface area contributed by atoms with Gasteiger partial charge in [0.1, 0.15) is 0 Å². The van der Waals surface area contributed by atoms with Crippen LogP contribution in [0.15, 0.2) is 12.1 Å². The molecule has 0 radical (unpaired) electrons. The van der Waals surface area contributed by atoms with Crippen LogP contribution < -0.4 is 11.1 Å². The lowest BCUT2D eigenvalue weighted by Crippen LogP contribution is -2.45. The van der Waals surface area contributed by atoms with Crippen LogP contribution in [-0.4, -0.2) is 61.1 Å². The van der Waals surface area contributed by atoms with Gasteiger partial charge < -0.3 is 25.6 Å². The summed E-state index contributed by atoms with van der Waals surface area (Å²) in [4.78, 5) is 28.6. The summed E-state index contributed by atoms with van der Waals surface area (Å²) in [5, 5.41) is 3.74. The van der Waals surface area contributed by atoms with E-state index in [2.05, 4.69) is 10.2 Å². The number of thiophene rings is 1. The molecule has 24 heavy (non-hydrogen) atoms. The molecule has 8 heteroatoms. The smallest absolute Gasteiger partial charge is 0.315 e. The molecule has 0 aliphatic carbocycles. The highest BCUT2D eigenvalue weighted by molar-refractivity contribution is 7.16. The Morgan fingerprint density at radius 1 is 1.29 bits per heavy atom. The monoisotopic (exact) mass is 352 g/mol. The molecule has 0 saturated carbocycles. The van der Waals surface area contributed by atoms with E-state index in [9.17, 15) is 9.59 Å². The van der Waals surface area contributed by atoms with Crippen molar-refractivity contribution in [2.24, 2.45) is 5.73 Å². The number of rotatable bonds is 5. The molecule has 132 valence electrons. The first-order chi connectivity index (χ1) is 11.6. The van der Waals surface area contributed by atoms with Gasteiger partial charge in [0.15, 0.2) is 0 Å². The van der Waals surface area contributed by atoms with Gasteiger partial charge in [-0.05, 0) is 38.1 Å². The van der Waals surface area contributed by atoms with Crippen molar-refractivity contribution >= 4 is 28.3 Å². The molecule has 1 aromatic heterocycles. The Kier molecular flexibility index (Phi) is 5.70. The number of anilines is 1. The minimum absolute atomic E-state index is 0.0296. The zero-order valence-electron chi connectivity index (χ0n) is 13.7. The number of carbonyl (C=O) groups excluding carboxylic acids is 2. The van der Waals surface area contributed by atoms with Crippen molar-refractivity contribution in [3.63, 3.8) is 0 Å². The third kappa shape index (κ3) is 4.25. The molecule has 0 spiro atoms. The Hall–Kier alpha value is -1.64. The fraction of sp³-hybridized carbons (Fsp3) is 0.625. The number of urea groups is 1. The van der Waals surface area contributed by atoms with E-state index in [0.29, 0.717) is 26.2 Å². The van der Waals surface area contributed by atoms with Gasteiger partial charge in [-0.15, -0.1) is 11.3 Å². The van der Waals surface area contributed by atoms with E-state index in [0.717, 1.165) is 29.5 Å². The van der Waals surface area contributed by atoms with Crippen molar-refractivity contribution in [2.75, 3.05) is 44.7 Å². The predicted molar refractivity (Wildman–Crippen MR) is 93.1 cm³/mol. The maximum Gasteiger partial charge on any atom is 0.315 e. The number of amides is 3. The number of morpholine rings is 1. The van der Waals surface area contributed by atoms with Gasteiger partial charge >= 0.3 is 6.03 Å². The SMILES string of the molecule is NC(=O)N1CCOCC1c1ccc(NC(=O)CCN2CCCC2)s1. The molecule has 0 aromatic carbocycles. The number of nitrogens with zero attached hydrogens (tertiary/aromatic N) is 2. The fourth-order valence-corrected chi connectivity index (χ4v) is 4.19. The first-order valence-corrected chi connectivity index (χ1v) is 9.21.